The summed E-state index contributed by atoms with van der Waals surface area (Å²) < 4.78 is -0.648. The summed E-state index contributed by atoms with van der Waals surface area (Å²) in [6.45, 7) is 3.75. The monoisotopic (exact) mass is 487 g/mol. The fourth-order valence-corrected chi connectivity index (χ4v) is 4.16. The number of aldehydes is 1. The van der Waals surface area contributed by atoms with E-state index in [0.717, 1.165) is 0 Å². The first-order valence-electron chi connectivity index (χ1n) is 10.0. The van der Waals surface area contributed by atoms with E-state index in [1.165, 1.54) is 12.4 Å². The van der Waals surface area contributed by atoms with Crippen molar-refractivity contribution in [3.05, 3.63) is 28.0 Å². The molecule has 0 spiro atoms. The van der Waals surface area contributed by atoms with Gasteiger partial charge in [0.2, 0.25) is 0 Å². The topological polar surface area (TPSA) is 143 Å². The number of carbonyl (C=O) groups is 5. The molecule has 1 aromatic heterocycles. The minimum Gasteiger partial charge on any atom is -0.481 e. The van der Waals surface area contributed by atoms with Crippen LogP contribution in [0.1, 0.15) is 43.5 Å². The van der Waals surface area contributed by atoms with E-state index in [1.807, 2.05) is 0 Å². The SMILES string of the molecule is CC(C)[C@H](NC(=O)c1c(Cl)cncc1Cl)C(=O)[N+]1(C(=O)N[C@H](C=O)CC(=O)O)CCCC1. The van der Waals surface area contributed by atoms with Gasteiger partial charge in [-0.05, 0) is 5.92 Å². The molecule has 2 heterocycles. The number of imide groups is 1. The fraction of sp³-hybridized carbons (Fsp3) is 0.500. The second kappa shape index (κ2) is 10.8. The molecule has 10 nitrogen and oxygen atoms in total. The molecule has 174 valence electrons. The number of carboxylic acids is 1. The Morgan fingerprint density at radius 3 is 2.16 bits per heavy atom. The van der Waals surface area contributed by atoms with E-state index in [4.69, 9.17) is 28.3 Å². The highest BCUT2D eigenvalue weighted by molar-refractivity contribution is 6.39. The minimum atomic E-state index is -1.27. The summed E-state index contributed by atoms with van der Waals surface area (Å²) in [6.07, 6.45) is 3.36. The maximum atomic E-state index is 13.6. The number of aromatic nitrogens is 1. The molecule has 1 aliphatic heterocycles. The van der Waals surface area contributed by atoms with Crippen molar-refractivity contribution < 1.29 is 33.6 Å². The molecule has 0 bridgehead atoms. The average Bonchev–Trinajstić information content (AvgIpc) is 3.21. The van der Waals surface area contributed by atoms with Crippen LogP contribution in [0, 0.1) is 5.92 Å². The number of halogens is 2. The number of quaternary nitrogens is 1. The number of rotatable bonds is 8. The predicted octanol–water partition coefficient (Wildman–Crippen LogP) is 2.03. The first-order chi connectivity index (χ1) is 15.0. The molecule has 32 heavy (non-hydrogen) atoms. The van der Waals surface area contributed by atoms with Crippen LogP contribution in [0.4, 0.5) is 4.79 Å². The fourth-order valence-electron chi connectivity index (χ4n) is 3.62. The van der Waals surface area contributed by atoms with Gasteiger partial charge in [0, 0.05) is 25.2 Å². The van der Waals surface area contributed by atoms with Crippen LogP contribution in [-0.4, -0.2) is 69.8 Å². The lowest BCUT2D eigenvalue weighted by Crippen LogP contribution is -2.66. The van der Waals surface area contributed by atoms with E-state index in [-0.39, 0.29) is 28.7 Å². The molecule has 0 unspecified atom stereocenters. The highest BCUT2D eigenvalue weighted by Crippen LogP contribution is 2.26. The smallest absolute Gasteiger partial charge is 0.424 e. The van der Waals surface area contributed by atoms with Gasteiger partial charge in [-0.2, -0.15) is 4.48 Å². The Balaban J connectivity index is 2.32. The lowest BCUT2D eigenvalue weighted by molar-refractivity contribution is -0.761. The molecule has 0 aliphatic carbocycles. The summed E-state index contributed by atoms with van der Waals surface area (Å²) >= 11 is 12.1. The molecule has 4 amide bonds. The molecule has 0 radical (unpaired) electrons. The van der Waals surface area contributed by atoms with Crippen LogP contribution < -0.4 is 10.6 Å². The zero-order valence-electron chi connectivity index (χ0n) is 17.6. The molecule has 1 saturated heterocycles. The van der Waals surface area contributed by atoms with Gasteiger partial charge in [0.05, 0.1) is 35.1 Å². The molecule has 0 saturated carbocycles. The van der Waals surface area contributed by atoms with Crippen LogP contribution in [-0.2, 0) is 14.4 Å². The first kappa shape index (κ1) is 25.7. The lowest BCUT2D eigenvalue weighted by Gasteiger charge is -2.33. The van der Waals surface area contributed by atoms with Crippen LogP contribution in [0.25, 0.3) is 0 Å². The van der Waals surface area contributed by atoms with Gasteiger partial charge in [-0.15, -0.1) is 0 Å². The number of likely N-dealkylation sites (tertiary alicyclic amines) is 1. The van der Waals surface area contributed by atoms with Crippen molar-refractivity contribution in [2.45, 2.75) is 45.2 Å². The third kappa shape index (κ3) is 5.62. The summed E-state index contributed by atoms with van der Waals surface area (Å²) in [5, 5.41) is 13.9. The number of carboxylic acid groups (broad SMARTS) is 1. The Labute approximate surface area is 194 Å². The molecular formula is C20H25Cl2N4O6+. The Bertz CT molecular complexity index is 897. The van der Waals surface area contributed by atoms with Crippen molar-refractivity contribution in [2.24, 2.45) is 5.92 Å². The first-order valence-corrected chi connectivity index (χ1v) is 10.8. The number of hydrogen-bond acceptors (Lipinski definition) is 6. The lowest BCUT2D eigenvalue weighted by atomic mass is 10.0. The second-order valence-electron chi connectivity index (χ2n) is 7.92. The van der Waals surface area contributed by atoms with Crippen LogP contribution in [0.15, 0.2) is 12.4 Å². The Morgan fingerprint density at radius 2 is 1.69 bits per heavy atom. The zero-order valence-corrected chi connectivity index (χ0v) is 19.2. The van der Waals surface area contributed by atoms with E-state index in [2.05, 4.69) is 15.6 Å². The standard InChI is InChI=1S/C20H24Cl2N4O6/c1-11(2)17(25-18(30)16-13(21)8-23-9-14(16)22)19(31)26(5-3-4-6-26)20(32)24-12(10-27)7-15(28)29/h8-12,17H,3-7H2,1-2H3,(H2-,24,25,28,29,30,32)/p+1/t12-,17-/m0/s1. The Morgan fingerprint density at radius 1 is 1.12 bits per heavy atom. The van der Waals surface area contributed by atoms with Crippen LogP contribution >= 0.6 is 23.2 Å². The quantitative estimate of drug-likeness (QED) is 0.375. The summed E-state index contributed by atoms with van der Waals surface area (Å²) in [5.74, 6) is -2.91. The third-order valence-electron chi connectivity index (χ3n) is 5.31. The van der Waals surface area contributed by atoms with Gasteiger partial charge in [0.1, 0.15) is 18.4 Å². The van der Waals surface area contributed by atoms with Crippen LogP contribution in [0.3, 0.4) is 0 Å². The molecule has 1 aliphatic rings. The Hall–Kier alpha value is -2.56. The molecule has 0 aromatic carbocycles. The maximum absolute atomic E-state index is 13.6. The highest BCUT2D eigenvalue weighted by Gasteiger charge is 2.52. The number of pyridine rings is 1. The van der Waals surface area contributed by atoms with Crippen molar-refractivity contribution in [1.82, 2.24) is 15.6 Å². The minimum absolute atomic E-state index is 0.00950. The molecule has 1 aromatic rings. The summed E-state index contributed by atoms with van der Waals surface area (Å²) in [6, 6.07) is -3.11. The van der Waals surface area contributed by atoms with E-state index in [9.17, 15) is 24.0 Å². The van der Waals surface area contributed by atoms with Crippen molar-refractivity contribution in [3.8, 4) is 0 Å². The number of nitrogens with one attached hydrogen (secondary N) is 2. The molecule has 12 heteroatoms. The zero-order chi connectivity index (χ0) is 24.1. The van der Waals surface area contributed by atoms with Gasteiger partial charge in [-0.1, -0.05) is 37.0 Å². The molecule has 2 atom stereocenters. The number of aliphatic carboxylic acids is 1. The average molecular weight is 488 g/mol. The van der Waals surface area contributed by atoms with E-state index in [0.29, 0.717) is 19.1 Å². The van der Waals surface area contributed by atoms with Gasteiger partial charge in [0.15, 0.2) is 0 Å². The number of carbonyl (C=O) groups excluding carboxylic acids is 4. The number of amides is 4. The van der Waals surface area contributed by atoms with Crippen molar-refractivity contribution >= 4 is 53.3 Å². The number of urea groups is 1. The summed E-state index contributed by atoms with van der Waals surface area (Å²) in [7, 11) is 0. The molecule has 1 fully saturated rings. The summed E-state index contributed by atoms with van der Waals surface area (Å²) in [4.78, 5) is 65.5. The van der Waals surface area contributed by atoms with Crippen molar-refractivity contribution in [3.63, 3.8) is 0 Å². The summed E-state index contributed by atoms with van der Waals surface area (Å²) in [5.41, 5.74) is -0.0401. The normalized spacial score (nSPS) is 16.8. The largest absolute Gasteiger partial charge is 0.481 e. The van der Waals surface area contributed by atoms with E-state index in [1.54, 1.807) is 13.8 Å². The Kier molecular flexibility index (Phi) is 8.71. The third-order valence-corrected chi connectivity index (χ3v) is 5.88. The van der Waals surface area contributed by atoms with Crippen molar-refractivity contribution in [1.29, 1.82) is 0 Å². The predicted molar refractivity (Wildman–Crippen MR) is 115 cm³/mol. The van der Waals surface area contributed by atoms with Crippen LogP contribution in [0.5, 0.6) is 0 Å². The van der Waals surface area contributed by atoms with Gasteiger partial charge in [-0.25, -0.2) is 9.59 Å². The van der Waals surface area contributed by atoms with Crippen LogP contribution in [0.2, 0.25) is 10.0 Å². The number of nitrogens with zero attached hydrogens (tertiary/aromatic N) is 2. The molecular weight excluding hydrogens is 463 g/mol. The van der Waals surface area contributed by atoms with E-state index >= 15 is 0 Å². The van der Waals surface area contributed by atoms with Gasteiger partial charge in [0.25, 0.3) is 5.91 Å². The van der Waals surface area contributed by atoms with Gasteiger partial charge < -0.3 is 15.2 Å². The molecule has 2 rings (SSSR count). The second-order valence-corrected chi connectivity index (χ2v) is 8.74. The van der Waals surface area contributed by atoms with Gasteiger partial charge in [-0.3, -0.25) is 19.9 Å². The number of hydrogen-bond donors (Lipinski definition) is 3. The van der Waals surface area contributed by atoms with Crippen molar-refractivity contribution in [2.75, 3.05) is 13.1 Å². The van der Waals surface area contributed by atoms with Gasteiger partial charge >= 0.3 is 17.9 Å². The maximum Gasteiger partial charge on any atom is 0.424 e. The molecule has 3 N–H and O–H groups in total. The highest BCUT2D eigenvalue weighted by atomic mass is 35.5. The van der Waals surface area contributed by atoms with E-state index < -0.39 is 52.7 Å².